The molecule has 2 N–H and O–H groups in total. The first kappa shape index (κ1) is 12.2. The van der Waals surface area contributed by atoms with Crippen LogP contribution in [0.5, 0.6) is 0 Å². The minimum atomic E-state index is -1.11. The lowest BCUT2D eigenvalue weighted by Crippen LogP contribution is -2.29. The number of carboxylic acids is 1. The third kappa shape index (κ3) is 2.39. The van der Waals surface area contributed by atoms with Gasteiger partial charge >= 0.3 is 5.97 Å². The van der Waals surface area contributed by atoms with Gasteiger partial charge in [0.05, 0.1) is 6.20 Å². The number of aromatic carboxylic acids is 1. The van der Waals surface area contributed by atoms with Gasteiger partial charge in [0.25, 0.3) is 0 Å². The smallest absolute Gasteiger partial charge is 0.341 e. The van der Waals surface area contributed by atoms with Gasteiger partial charge in [-0.05, 0) is 0 Å². The first-order valence-electron chi connectivity index (χ1n) is 4.80. The van der Waals surface area contributed by atoms with Crippen molar-refractivity contribution in [1.82, 2.24) is 9.78 Å². The second kappa shape index (κ2) is 3.96. The molecule has 88 valence electrons. The van der Waals surface area contributed by atoms with Crippen molar-refractivity contribution in [2.75, 3.05) is 5.32 Å². The third-order valence-corrected chi connectivity index (χ3v) is 2.08. The fourth-order valence-corrected chi connectivity index (χ4v) is 1.04. The van der Waals surface area contributed by atoms with E-state index in [2.05, 4.69) is 10.4 Å². The standard InChI is InChI=1S/C10H15N3O3/c1-10(2,3)9(16)12-7-6(8(14)15)5-11-13(7)4/h5H,1-4H3,(H,12,16)(H,14,15). The van der Waals surface area contributed by atoms with E-state index < -0.39 is 11.4 Å². The van der Waals surface area contributed by atoms with Crippen LogP contribution in [0.25, 0.3) is 0 Å². The van der Waals surface area contributed by atoms with Gasteiger partial charge in [-0.3, -0.25) is 9.48 Å². The van der Waals surface area contributed by atoms with Crippen LogP contribution in [0, 0.1) is 5.41 Å². The van der Waals surface area contributed by atoms with Crippen LogP contribution in [0.3, 0.4) is 0 Å². The van der Waals surface area contributed by atoms with Crippen LogP contribution in [0.1, 0.15) is 31.1 Å². The highest BCUT2D eigenvalue weighted by Crippen LogP contribution is 2.19. The molecule has 0 radical (unpaired) electrons. The van der Waals surface area contributed by atoms with Gasteiger partial charge in [0, 0.05) is 12.5 Å². The van der Waals surface area contributed by atoms with E-state index in [-0.39, 0.29) is 17.3 Å². The number of carbonyl (C=O) groups is 2. The van der Waals surface area contributed by atoms with E-state index in [1.165, 1.54) is 10.9 Å². The maximum atomic E-state index is 11.7. The van der Waals surface area contributed by atoms with Gasteiger partial charge < -0.3 is 10.4 Å². The highest BCUT2D eigenvalue weighted by Gasteiger charge is 2.24. The number of aromatic nitrogens is 2. The summed E-state index contributed by atoms with van der Waals surface area (Å²) in [5.41, 5.74) is -0.597. The largest absolute Gasteiger partial charge is 0.477 e. The Morgan fingerprint density at radius 3 is 2.44 bits per heavy atom. The molecular weight excluding hydrogens is 210 g/mol. The summed E-state index contributed by atoms with van der Waals surface area (Å²) in [4.78, 5) is 22.6. The van der Waals surface area contributed by atoms with Crippen molar-refractivity contribution in [1.29, 1.82) is 0 Å². The molecule has 0 aromatic carbocycles. The molecule has 1 aromatic rings. The van der Waals surface area contributed by atoms with Crippen molar-refractivity contribution in [3.05, 3.63) is 11.8 Å². The summed E-state index contributed by atoms with van der Waals surface area (Å²) < 4.78 is 1.33. The molecule has 0 saturated carbocycles. The molecule has 6 nitrogen and oxygen atoms in total. The highest BCUT2D eigenvalue weighted by atomic mass is 16.4. The van der Waals surface area contributed by atoms with Gasteiger partial charge in [-0.25, -0.2) is 4.79 Å². The van der Waals surface area contributed by atoms with Gasteiger partial charge in [0.2, 0.25) is 5.91 Å². The lowest BCUT2D eigenvalue weighted by atomic mass is 9.96. The molecule has 0 saturated heterocycles. The summed E-state index contributed by atoms with van der Waals surface area (Å²) in [6.07, 6.45) is 1.21. The molecule has 0 aliphatic heterocycles. The molecular formula is C10H15N3O3. The summed E-state index contributed by atoms with van der Waals surface area (Å²) in [6.45, 7) is 5.25. The van der Waals surface area contributed by atoms with Crippen molar-refractivity contribution in [3.8, 4) is 0 Å². The number of nitrogens with one attached hydrogen (secondary N) is 1. The Labute approximate surface area is 93.3 Å². The molecule has 0 fully saturated rings. The molecule has 0 aliphatic carbocycles. The van der Waals surface area contributed by atoms with Gasteiger partial charge in [0.15, 0.2) is 0 Å². The number of carboxylic acid groups (broad SMARTS) is 1. The number of carbonyl (C=O) groups excluding carboxylic acids is 1. The summed E-state index contributed by atoms with van der Waals surface area (Å²) in [7, 11) is 1.57. The molecule has 0 unspecified atom stereocenters. The van der Waals surface area contributed by atoms with Crippen LogP contribution in [0.15, 0.2) is 6.20 Å². The maximum absolute atomic E-state index is 11.7. The first-order chi connectivity index (χ1) is 7.23. The molecule has 16 heavy (non-hydrogen) atoms. The zero-order valence-electron chi connectivity index (χ0n) is 9.74. The van der Waals surface area contributed by atoms with Crippen LogP contribution in [0.2, 0.25) is 0 Å². The number of aryl methyl sites for hydroxylation is 1. The zero-order valence-corrected chi connectivity index (χ0v) is 9.74. The molecule has 1 amide bonds. The van der Waals surface area contributed by atoms with Crippen molar-refractivity contribution in [2.24, 2.45) is 12.5 Å². The average molecular weight is 225 g/mol. The molecule has 0 atom stereocenters. The topological polar surface area (TPSA) is 84.2 Å². The average Bonchev–Trinajstić information content (AvgIpc) is 2.46. The molecule has 1 heterocycles. The van der Waals surface area contributed by atoms with Crippen LogP contribution in [-0.4, -0.2) is 26.8 Å². The number of amides is 1. The summed E-state index contributed by atoms with van der Waals surface area (Å²) >= 11 is 0. The molecule has 0 bridgehead atoms. The van der Waals surface area contributed by atoms with E-state index in [0.29, 0.717) is 0 Å². The normalized spacial score (nSPS) is 11.2. The van der Waals surface area contributed by atoms with E-state index in [9.17, 15) is 9.59 Å². The Balaban J connectivity index is 3.02. The van der Waals surface area contributed by atoms with Crippen LogP contribution in [-0.2, 0) is 11.8 Å². The predicted octanol–water partition coefficient (Wildman–Crippen LogP) is 1.10. The third-order valence-electron chi connectivity index (χ3n) is 2.08. The zero-order chi connectivity index (χ0) is 12.5. The molecule has 6 heteroatoms. The Morgan fingerprint density at radius 2 is 2.00 bits per heavy atom. The van der Waals surface area contributed by atoms with Crippen molar-refractivity contribution < 1.29 is 14.7 Å². The quantitative estimate of drug-likeness (QED) is 0.789. The van der Waals surface area contributed by atoms with Gasteiger partial charge in [-0.1, -0.05) is 20.8 Å². The van der Waals surface area contributed by atoms with Gasteiger partial charge in [-0.15, -0.1) is 0 Å². The highest BCUT2D eigenvalue weighted by molar-refractivity contribution is 6.00. The first-order valence-corrected chi connectivity index (χ1v) is 4.80. The predicted molar refractivity (Wildman–Crippen MR) is 58.3 cm³/mol. The van der Waals surface area contributed by atoms with E-state index in [0.717, 1.165) is 0 Å². The van der Waals surface area contributed by atoms with Gasteiger partial charge in [0.1, 0.15) is 11.4 Å². The Kier molecular flexibility index (Phi) is 3.02. The second-order valence-corrected chi connectivity index (χ2v) is 4.54. The van der Waals surface area contributed by atoms with Crippen molar-refractivity contribution in [2.45, 2.75) is 20.8 Å². The molecule has 1 rings (SSSR count). The Hall–Kier alpha value is -1.85. The number of hydrogen-bond donors (Lipinski definition) is 2. The van der Waals surface area contributed by atoms with Crippen LogP contribution < -0.4 is 5.32 Å². The lowest BCUT2D eigenvalue weighted by molar-refractivity contribution is -0.123. The lowest BCUT2D eigenvalue weighted by Gasteiger charge is -2.17. The van der Waals surface area contributed by atoms with E-state index in [4.69, 9.17) is 5.11 Å². The molecule has 0 spiro atoms. The fourth-order valence-electron chi connectivity index (χ4n) is 1.04. The SMILES string of the molecule is Cn1ncc(C(=O)O)c1NC(=O)C(C)(C)C. The minimum Gasteiger partial charge on any atom is -0.477 e. The van der Waals surface area contributed by atoms with E-state index in [1.807, 2.05) is 0 Å². The van der Waals surface area contributed by atoms with Crippen molar-refractivity contribution >= 4 is 17.7 Å². The number of hydrogen-bond acceptors (Lipinski definition) is 3. The minimum absolute atomic E-state index is 0.0138. The van der Waals surface area contributed by atoms with E-state index in [1.54, 1.807) is 27.8 Å². The summed E-state index contributed by atoms with van der Waals surface area (Å²) in [5.74, 6) is -1.16. The van der Waals surface area contributed by atoms with Crippen LogP contribution in [0.4, 0.5) is 5.82 Å². The summed E-state index contributed by atoms with van der Waals surface area (Å²) in [5, 5.41) is 15.2. The number of rotatable bonds is 2. The Bertz CT molecular complexity index is 429. The fraction of sp³-hybridized carbons (Fsp3) is 0.500. The van der Waals surface area contributed by atoms with E-state index >= 15 is 0 Å². The molecule has 0 aliphatic rings. The second-order valence-electron chi connectivity index (χ2n) is 4.54. The van der Waals surface area contributed by atoms with Crippen molar-refractivity contribution in [3.63, 3.8) is 0 Å². The number of anilines is 1. The molecule has 1 aromatic heterocycles. The monoisotopic (exact) mass is 225 g/mol. The maximum Gasteiger partial charge on any atom is 0.341 e. The van der Waals surface area contributed by atoms with Gasteiger partial charge in [-0.2, -0.15) is 5.10 Å². The Morgan fingerprint density at radius 1 is 1.44 bits per heavy atom. The number of nitrogens with zero attached hydrogens (tertiary/aromatic N) is 2. The summed E-state index contributed by atoms with van der Waals surface area (Å²) in [6, 6.07) is 0. The van der Waals surface area contributed by atoms with Crippen LogP contribution >= 0.6 is 0 Å².